The van der Waals surface area contributed by atoms with Crippen molar-refractivity contribution in [3.63, 3.8) is 0 Å². The third kappa shape index (κ3) is 3.19. The summed E-state index contributed by atoms with van der Waals surface area (Å²) in [6.45, 7) is 4.66. The fraction of sp³-hybridized carbons (Fsp3) is 0.222. The number of fused-ring (bicyclic) bond motifs is 1. The number of hydrogen-bond donors (Lipinski definition) is 1. The first-order valence-electron chi connectivity index (χ1n) is 7.71. The van der Waals surface area contributed by atoms with Crippen molar-refractivity contribution in [3.8, 4) is 17.0 Å². The molecular weight excluding hydrogens is 324 g/mol. The van der Waals surface area contributed by atoms with E-state index in [-0.39, 0.29) is 0 Å². The largest absolute Gasteiger partial charge is 0.494 e. The van der Waals surface area contributed by atoms with Crippen LogP contribution in [0, 0.1) is 6.92 Å². The number of aromatic nitrogens is 2. The highest BCUT2D eigenvalue weighted by atomic mass is 32.1. The topological polar surface area (TPSA) is 63.8 Å². The number of hydrogen-bond acceptors (Lipinski definition) is 4. The van der Waals surface area contributed by atoms with Gasteiger partial charge >= 0.3 is 5.97 Å². The first-order chi connectivity index (χ1) is 11.6. The Balaban J connectivity index is 2.02. The van der Waals surface area contributed by atoms with Crippen molar-refractivity contribution in [1.29, 1.82) is 0 Å². The van der Waals surface area contributed by atoms with Crippen molar-refractivity contribution in [1.82, 2.24) is 9.38 Å². The van der Waals surface area contributed by atoms with Crippen LogP contribution < -0.4 is 4.74 Å². The maximum atomic E-state index is 10.8. The van der Waals surface area contributed by atoms with E-state index in [0.717, 1.165) is 45.9 Å². The van der Waals surface area contributed by atoms with Gasteiger partial charge in [0.15, 0.2) is 4.96 Å². The number of nitrogens with zero attached hydrogens (tertiary/aromatic N) is 2. The molecule has 2 heterocycles. The second kappa shape index (κ2) is 6.88. The summed E-state index contributed by atoms with van der Waals surface area (Å²) >= 11 is 1.54. The minimum atomic E-state index is -0.974. The molecule has 0 aliphatic heterocycles. The second-order valence-corrected chi connectivity index (χ2v) is 6.20. The Labute approximate surface area is 143 Å². The molecule has 5 nitrogen and oxygen atoms in total. The third-order valence-corrected chi connectivity index (χ3v) is 4.42. The Morgan fingerprint density at radius 3 is 2.79 bits per heavy atom. The summed E-state index contributed by atoms with van der Waals surface area (Å²) < 4.78 is 7.60. The molecule has 1 aromatic carbocycles. The Morgan fingerprint density at radius 2 is 2.12 bits per heavy atom. The molecule has 0 fully saturated rings. The molecule has 24 heavy (non-hydrogen) atoms. The van der Waals surface area contributed by atoms with E-state index >= 15 is 0 Å². The van der Waals surface area contributed by atoms with E-state index in [2.05, 4.69) is 11.9 Å². The highest BCUT2D eigenvalue weighted by Gasteiger charge is 2.14. The molecule has 6 heteroatoms. The highest BCUT2D eigenvalue weighted by Crippen LogP contribution is 2.30. The van der Waals surface area contributed by atoms with Gasteiger partial charge < -0.3 is 9.84 Å². The number of carboxylic acids is 1. The van der Waals surface area contributed by atoms with Crippen molar-refractivity contribution in [2.45, 2.75) is 20.3 Å². The molecule has 0 radical (unpaired) electrons. The van der Waals surface area contributed by atoms with E-state index in [1.54, 1.807) is 6.08 Å². The van der Waals surface area contributed by atoms with Crippen molar-refractivity contribution < 1.29 is 14.6 Å². The Morgan fingerprint density at radius 1 is 1.38 bits per heavy atom. The minimum absolute atomic E-state index is 0.701. The number of aryl methyl sites for hydroxylation is 1. The maximum Gasteiger partial charge on any atom is 0.328 e. The molecule has 0 amide bonds. The van der Waals surface area contributed by atoms with Crippen LogP contribution in [0.1, 0.15) is 24.7 Å². The first kappa shape index (κ1) is 16.3. The smallest absolute Gasteiger partial charge is 0.328 e. The Hall–Kier alpha value is -2.60. The van der Waals surface area contributed by atoms with Crippen LogP contribution in [0.5, 0.6) is 5.75 Å². The predicted molar refractivity (Wildman–Crippen MR) is 95.7 cm³/mol. The molecular formula is C18H18N2O3S. The highest BCUT2D eigenvalue weighted by molar-refractivity contribution is 7.15. The number of rotatable bonds is 6. The third-order valence-electron chi connectivity index (χ3n) is 3.59. The van der Waals surface area contributed by atoms with Crippen LogP contribution in [0.3, 0.4) is 0 Å². The zero-order valence-corrected chi connectivity index (χ0v) is 14.3. The van der Waals surface area contributed by atoms with E-state index < -0.39 is 5.97 Å². The average Bonchev–Trinajstić information content (AvgIpc) is 3.10. The molecule has 0 atom stereocenters. The van der Waals surface area contributed by atoms with E-state index in [1.165, 1.54) is 11.3 Å². The van der Waals surface area contributed by atoms with Gasteiger partial charge in [0.05, 0.1) is 23.7 Å². The summed E-state index contributed by atoms with van der Waals surface area (Å²) in [6.07, 6.45) is 3.70. The first-order valence-corrected chi connectivity index (χ1v) is 8.59. The van der Waals surface area contributed by atoms with Gasteiger partial charge in [0, 0.05) is 11.5 Å². The van der Waals surface area contributed by atoms with Crippen LogP contribution >= 0.6 is 11.3 Å². The zero-order valence-electron chi connectivity index (χ0n) is 13.5. The Bertz CT molecular complexity index is 891. The monoisotopic (exact) mass is 342 g/mol. The van der Waals surface area contributed by atoms with Crippen LogP contribution in [-0.2, 0) is 4.79 Å². The molecule has 0 unspecified atom stereocenters. The van der Waals surface area contributed by atoms with E-state index in [9.17, 15) is 4.79 Å². The van der Waals surface area contributed by atoms with Gasteiger partial charge in [-0.1, -0.05) is 6.92 Å². The fourth-order valence-electron chi connectivity index (χ4n) is 2.47. The fourth-order valence-corrected chi connectivity index (χ4v) is 3.42. The number of carbonyl (C=O) groups is 1. The lowest BCUT2D eigenvalue weighted by Crippen LogP contribution is -1.95. The summed E-state index contributed by atoms with van der Waals surface area (Å²) in [6, 6.07) is 7.91. The number of ether oxygens (including phenoxy) is 1. The minimum Gasteiger partial charge on any atom is -0.494 e. The lowest BCUT2D eigenvalue weighted by Gasteiger charge is -2.06. The van der Waals surface area contributed by atoms with Gasteiger partial charge in [-0.2, -0.15) is 0 Å². The van der Waals surface area contributed by atoms with Gasteiger partial charge in [-0.05, 0) is 49.2 Å². The molecule has 0 bridgehead atoms. The summed E-state index contributed by atoms with van der Waals surface area (Å²) in [7, 11) is 0. The summed E-state index contributed by atoms with van der Waals surface area (Å²) in [5.41, 5.74) is 3.62. The summed E-state index contributed by atoms with van der Waals surface area (Å²) in [5.74, 6) is -0.126. The molecule has 1 N–H and O–H groups in total. The number of imidazole rings is 1. The molecule has 0 spiro atoms. The Kier molecular flexibility index (Phi) is 4.66. The number of thiazole rings is 1. The molecule has 0 aliphatic carbocycles. The molecule has 124 valence electrons. The van der Waals surface area contributed by atoms with Crippen LogP contribution in [-0.4, -0.2) is 27.1 Å². The van der Waals surface area contributed by atoms with Crippen molar-refractivity contribution in [2.75, 3.05) is 6.61 Å². The quantitative estimate of drug-likeness (QED) is 0.680. The van der Waals surface area contributed by atoms with Gasteiger partial charge in [0.1, 0.15) is 5.75 Å². The molecule has 0 aliphatic rings. The molecule has 3 aromatic rings. The average molecular weight is 342 g/mol. The summed E-state index contributed by atoms with van der Waals surface area (Å²) in [4.78, 5) is 16.2. The van der Waals surface area contributed by atoms with Crippen LogP contribution in [0.2, 0.25) is 0 Å². The SMILES string of the molecule is CCCOc1ccc(-c2csc3nc(C)c(/C=C/C(=O)O)n23)cc1. The van der Waals surface area contributed by atoms with Crippen LogP contribution in [0.15, 0.2) is 35.7 Å². The maximum absolute atomic E-state index is 10.8. The molecule has 3 rings (SSSR count). The van der Waals surface area contributed by atoms with Crippen molar-refractivity contribution in [2.24, 2.45) is 0 Å². The molecule has 2 aromatic heterocycles. The van der Waals surface area contributed by atoms with Gasteiger partial charge in [0.25, 0.3) is 0 Å². The normalized spacial score (nSPS) is 11.4. The van der Waals surface area contributed by atoms with E-state index in [1.807, 2.05) is 41.0 Å². The van der Waals surface area contributed by atoms with Gasteiger partial charge in [0.2, 0.25) is 0 Å². The van der Waals surface area contributed by atoms with Crippen molar-refractivity contribution in [3.05, 3.63) is 47.1 Å². The number of carboxylic acid groups (broad SMARTS) is 1. The van der Waals surface area contributed by atoms with Crippen LogP contribution in [0.25, 0.3) is 22.3 Å². The van der Waals surface area contributed by atoms with Gasteiger partial charge in [-0.3, -0.25) is 4.40 Å². The second-order valence-electron chi connectivity index (χ2n) is 5.37. The van der Waals surface area contributed by atoms with Gasteiger partial charge in [-0.15, -0.1) is 11.3 Å². The lowest BCUT2D eigenvalue weighted by molar-refractivity contribution is -0.131. The molecule has 0 saturated carbocycles. The van der Waals surface area contributed by atoms with E-state index in [4.69, 9.17) is 9.84 Å². The van der Waals surface area contributed by atoms with E-state index in [0.29, 0.717) is 6.61 Å². The van der Waals surface area contributed by atoms with Crippen LogP contribution in [0.4, 0.5) is 0 Å². The summed E-state index contributed by atoms with van der Waals surface area (Å²) in [5, 5.41) is 10.9. The molecule has 0 saturated heterocycles. The van der Waals surface area contributed by atoms with Gasteiger partial charge in [-0.25, -0.2) is 9.78 Å². The lowest BCUT2D eigenvalue weighted by atomic mass is 10.1. The number of aliphatic carboxylic acids is 1. The predicted octanol–water partition coefficient (Wildman–Crippen LogP) is 4.26. The van der Waals surface area contributed by atoms with Crippen molar-refractivity contribution >= 4 is 28.3 Å². The number of benzene rings is 1. The zero-order chi connectivity index (χ0) is 17.1. The standard InChI is InChI=1S/C18H18N2O3S/c1-3-10-23-14-6-4-13(5-7-14)16-11-24-18-19-12(2)15(20(16)18)8-9-17(21)22/h4-9,11H,3,10H2,1-2H3,(H,21,22)/b9-8+.